The van der Waals surface area contributed by atoms with Gasteiger partial charge in [-0.15, -0.1) is 6.42 Å². The SMILES string of the molecule is C#CCN(C)C(=O)C1CCNCC1C. The number of carbonyl (C=O) groups excluding carboxylic acids is 1. The van der Waals surface area contributed by atoms with Crippen LogP contribution in [0.2, 0.25) is 0 Å². The molecule has 0 spiro atoms. The second kappa shape index (κ2) is 5.02. The predicted molar refractivity (Wildman–Crippen MR) is 56.6 cm³/mol. The molecule has 0 bridgehead atoms. The molecule has 0 aromatic carbocycles. The quantitative estimate of drug-likeness (QED) is 0.642. The lowest BCUT2D eigenvalue weighted by Gasteiger charge is -2.31. The van der Waals surface area contributed by atoms with Crippen molar-refractivity contribution in [3.05, 3.63) is 0 Å². The van der Waals surface area contributed by atoms with Crippen LogP contribution in [0.4, 0.5) is 0 Å². The minimum atomic E-state index is 0.148. The molecule has 1 fully saturated rings. The van der Waals surface area contributed by atoms with Crippen LogP contribution in [0.1, 0.15) is 13.3 Å². The van der Waals surface area contributed by atoms with Crippen LogP contribution in [-0.2, 0) is 4.79 Å². The monoisotopic (exact) mass is 194 g/mol. The first-order valence-electron chi connectivity index (χ1n) is 5.06. The first-order chi connectivity index (χ1) is 6.66. The first-order valence-corrected chi connectivity index (χ1v) is 5.06. The maximum absolute atomic E-state index is 11.9. The van der Waals surface area contributed by atoms with Crippen molar-refractivity contribution in [2.24, 2.45) is 11.8 Å². The van der Waals surface area contributed by atoms with Crippen molar-refractivity contribution in [2.75, 3.05) is 26.7 Å². The Labute approximate surface area is 85.9 Å². The summed E-state index contributed by atoms with van der Waals surface area (Å²) in [6.07, 6.45) is 6.10. The fourth-order valence-corrected chi connectivity index (χ4v) is 1.88. The van der Waals surface area contributed by atoms with Crippen LogP contribution >= 0.6 is 0 Å². The fraction of sp³-hybridized carbons (Fsp3) is 0.727. The van der Waals surface area contributed by atoms with Crippen molar-refractivity contribution in [2.45, 2.75) is 13.3 Å². The minimum absolute atomic E-state index is 0.148. The topological polar surface area (TPSA) is 32.3 Å². The van der Waals surface area contributed by atoms with E-state index in [0.29, 0.717) is 12.5 Å². The van der Waals surface area contributed by atoms with Gasteiger partial charge >= 0.3 is 0 Å². The Morgan fingerprint density at radius 2 is 2.43 bits per heavy atom. The molecule has 1 N–H and O–H groups in total. The average molecular weight is 194 g/mol. The van der Waals surface area contributed by atoms with Crippen molar-refractivity contribution in [1.82, 2.24) is 10.2 Å². The summed E-state index contributed by atoms with van der Waals surface area (Å²) in [5.41, 5.74) is 0. The lowest BCUT2D eigenvalue weighted by molar-refractivity contribution is -0.136. The van der Waals surface area contributed by atoms with E-state index in [1.807, 2.05) is 0 Å². The van der Waals surface area contributed by atoms with Gasteiger partial charge in [-0.1, -0.05) is 12.8 Å². The Kier molecular flexibility index (Phi) is 3.97. The molecule has 0 aliphatic carbocycles. The summed E-state index contributed by atoms with van der Waals surface area (Å²) in [6, 6.07) is 0. The number of terminal acetylenes is 1. The zero-order valence-corrected chi connectivity index (χ0v) is 8.92. The van der Waals surface area contributed by atoms with Crippen molar-refractivity contribution >= 4 is 5.91 Å². The van der Waals surface area contributed by atoms with E-state index >= 15 is 0 Å². The van der Waals surface area contributed by atoms with Gasteiger partial charge in [-0.3, -0.25) is 4.79 Å². The van der Waals surface area contributed by atoms with E-state index in [1.165, 1.54) is 0 Å². The van der Waals surface area contributed by atoms with Crippen molar-refractivity contribution in [3.63, 3.8) is 0 Å². The molecule has 3 heteroatoms. The second-order valence-electron chi connectivity index (χ2n) is 3.98. The van der Waals surface area contributed by atoms with Crippen LogP contribution in [0.3, 0.4) is 0 Å². The van der Waals surface area contributed by atoms with E-state index < -0.39 is 0 Å². The van der Waals surface area contributed by atoms with Gasteiger partial charge in [0, 0.05) is 13.0 Å². The molecule has 0 aromatic heterocycles. The summed E-state index contributed by atoms with van der Waals surface area (Å²) >= 11 is 0. The third kappa shape index (κ3) is 2.49. The molecule has 14 heavy (non-hydrogen) atoms. The maximum atomic E-state index is 11.9. The summed E-state index contributed by atoms with van der Waals surface area (Å²) in [7, 11) is 1.77. The molecule has 78 valence electrons. The molecule has 2 atom stereocenters. The number of carbonyl (C=O) groups is 1. The molecule has 0 radical (unpaired) electrons. The van der Waals surface area contributed by atoms with Gasteiger partial charge in [0.2, 0.25) is 5.91 Å². The summed E-state index contributed by atoms with van der Waals surface area (Å²) in [5, 5.41) is 3.28. The fourth-order valence-electron chi connectivity index (χ4n) is 1.88. The van der Waals surface area contributed by atoms with E-state index in [2.05, 4.69) is 18.2 Å². The molecule has 1 amide bonds. The third-order valence-electron chi connectivity index (χ3n) is 2.81. The largest absolute Gasteiger partial charge is 0.334 e. The molecular formula is C11H18N2O. The first kappa shape index (κ1) is 11.1. The molecule has 3 nitrogen and oxygen atoms in total. The second-order valence-corrected chi connectivity index (χ2v) is 3.98. The Morgan fingerprint density at radius 3 is 3.00 bits per heavy atom. The van der Waals surface area contributed by atoms with E-state index in [-0.39, 0.29) is 11.8 Å². The minimum Gasteiger partial charge on any atom is -0.334 e. The Hall–Kier alpha value is -1.01. The Bertz CT molecular complexity index is 244. The van der Waals surface area contributed by atoms with Crippen LogP contribution in [0, 0.1) is 24.2 Å². The van der Waals surface area contributed by atoms with Crippen LogP contribution < -0.4 is 5.32 Å². The van der Waals surface area contributed by atoms with E-state index in [9.17, 15) is 4.79 Å². The number of hydrogen-bond acceptors (Lipinski definition) is 2. The number of nitrogens with zero attached hydrogens (tertiary/aromatic N) is 1. The van der Waals surface area contributed by atoms with Gasteiger partial charge in [0.15, 0.2) is 0 Å². The summed E-state index contributed by atoms with van der Waals surface area (Å²) < 4.78 is 0. The van der Waals surface area contributed by atoms with Crippen LogP contribution in [0.15, 0.2) is 0 Å². The standard InChI is InChI=1S/C11H18N2O/c1-4-7-13(3)11(14)10-5-6-12-8-9(10)2/h1,9-10,12H,5-8H2,2-3H3. The van der Waals surface area contributed by atoms with E-state index in [4.69, 9.17) is 6.42 Å². The molecule has 0 aromatic rings. The van der Waals surface area contributed by atoms with Crippen molar-refractivity contribution in [1.29, 1.82) is 0 Å². The van der Waals surface area contributed by atoms with Crippen molar-refractivity contribution < 1.29 is 4.79 Å². The number of amides is 1. The molecule has 0 saturated carbocycles. The van der Waals surface area contributed by atoms with Gasteiger partial charge in [0.05, 0.1) is 6.54 Å². The maximum Gasteiger partial charge on any atom is 0.226 e. The lowest BCUT2D eigenvalue weighted by atomic mass is 9.87. The zero-order valence-electron chi connectivity index (χ0n) is 8.92. The van der Waals surface area contributed by atoms with Gasteiger partial charge in [0.25, 0.3) is 0 Å². The summed E-state index contributed by atoms with van der Waals surface area (Å²) in [4.78, 5) is 13.5. The summed E-state index contributed by atoms with van der Waals surface area (Å²) in [6.45, 7) is 4.39. The van der Waals surface area contributed by atoms with E-state index in [1.54, 1.807) is 11.9 Å². The smallest absolute Gasteiger partial charge is 0.226 e. The van der Waals surface area contributed by atoms with Gasteiger partial charge in [-0.05, 0) is 25.4 Å². The molecule has 1 aliphatic rings. The van der Waals surface area contributed by atoms with E-state index in [0.717, 1.165) is 19.5 Å². The van der Waals surface area contributed by atoms with Crippen LogP contribution in [-0.4, -0.2) is 37.5 Å². The molecule has 1 aliphatic heterocycles. The Balaban J connectivity index is 2.54. The molecule has 1 heterocycles. The van der Waals surface area contributed by atoms with Crippen LogP contribution in [0.5, 0.6) is 0 Å². The van der Waals surface area contributed by atoms with Crippen molar-refractivity contribution in [3.8, 4) is 12.3 Å². The highest BCUT2D eigenvalue weighted by molar-refractivity contribution is 5.79. The van der Waals surface area contributed by atoms with Gasteiger partial charge < -0.3 is 10.2 Å². The number of hydrogen-bond donors (Lipinski definition) is 1. The zero-order chi connectivity index (χ0) is 10.6. The highest BCUT2D eigenvalue weighted by Crippen LogP contribution is 2.20. The summed E-state index contributed by atoms with van der Waals surface area (Å²) in [5.74, 6) is 3.24. The molecular weight excluding hydrogens is 176 g/mol. The average Bonchev–Trinajstić information content (AvgIpc) is 2.18. The molecule has 2 unspecified atom stereocenters. The predicted octanol–water partition coefficient (Wildman–Crippen LogP) is 0.324. The van der Waals surface area contributed by atoms with Gasteiger partial charge in [-0.25, -0.2) is 0 Å². The molecule has 1 rings (SSSR count). The lowest BCUT2D eigenvalue weighted by Crippen LogP contribution is -2.44. The van der Waals surface area contributed by atoms with Gasteiger partial charge in [-0.2, -0.15) is 0 Å². The highest BCUT2D eigenvalue weighted by atomic mass is 16.2. The normalized spacial score (nSPS) is 26.6. The number of rotatable bonds is 2. The van der Waals surface area contributed by atoms with Gasteiger partial charge in [0.1, 0.15) is 0 Å². The third-order valence-corrected chi connectivity index (χ3v) is 2.81. The highest BCUT2D eigenvalue weighted by Gasteiger charge is 2.29. The molecule has 1 saturated heterocycles. The number of piperidine rings is 1. The van der Waals surface area contributed by atoms with Crippen LogP contribution in [0.25, 0.3) is 0 Å². The Morgan fingerprint density at radius 1 is 1.71 bits per heavy atom. The number of nitrogens with one attached hydrogen (secondary N) is 1.